The SMILES string of the molecule is N#CCCOCC(COCCC#N)(COCCC#N)COCC(COCCC#N)(COCCC#N)COCCC#N. The summed E-state index contributed by atoms with van der Waals surface area (Å²) in [6.45, 7) is 2.19. The van der Waals surface area contributed by atoms with Crippen LogP contribution in [-0.2, 0) is 33.2 Å². The van der Waals surface area contributed by atoms with E-state index in [2.05, 4.69) is 0 Å². The predicted octanol–water partition coefficient (Wildman–Crippen LogP) is 2.56. The van der Waals surface area contributed by atoms with Gasteiger partial charge in [-0.25, -0.2) is 0 Å². The zero-order valence-electron chi connectivity index (χ0n) is 23.7. The molecule has 0 rings (SSSR count). The third-order valence-electron chi connectivity index (χ3n) is 5.42. The van der Waals surface area contributed by atoms with Gasteiger partial charge in [-0.05, 0) is 0 Å². The molecule has 13 heteroatoms. The normalized spacial score (nSPS) is 11.0. The molecule has 0 N–H and O–H groups in total. The molecule has 224 valence electrons. The van der Waals surface area contributed by atoms with Crippen LogP contribution in [0.1, 0.15) is 38.5 Å². The van der Waals surface area contributed by atoms with Crippen LogP contribution in [0, 0.1) is 78.8 Å². The van der Waals surface area contributed by atoms with Gasteiger partial charge in [0.15, 0.2) is 0 Å². The van der Waals surface area contributed by atoms with Crippen LogP contribution in [0.4, 0.5) is 0 Å². The number of rotatable bonds is 28. The Morgan fingerprint density at radius 2 is 0.463 bits per heavy atom. The van der Waals surface area contributed by atoms with Crippen LogP contribution in [-0.4, -0.2) is 92.5 Å². The van der Waals surface area contributed by atoms with E-state index in [1.807, 2.05) is 36.4 Å². The Bertz CT molecular complexity index is 739. The number of nitriles is 6. The summed E-state index contributed by atoms with van der Waals surface area (Å²) >= 11 is 0. The standard InChI is InChI=1S/C28H40N6O7/c29-7-1-13-35-19-27(20-36-14-2-8-30,21-37-15-3-9-31)25-41-26-28(22-38-16-4-10-32,23-39-17-5-11-33)24-40-18-6-12-34/h1-6,13-26H2. The molecule has 41 heavy (non-hydrogen) atoms. The molecule has 0 spiro atoms. The van der Waals surface area contributed by atoms with Crippen molar-refractivity contribution >= 4 is 0 Å². The van der Waals surface area contributed by atoms with Crippen molar-refractivity contribution in [2.45, 2.75) is 38.5 Å². The zero-order valence-corrected chi connectivity index (χ0v) is 23.7. The van der Waals surface area contributed by atoms with Crippen LogP contribution in [0.15, 0.2) is 0 Å². The fourth-order valence-corrected chi connectivity index (χ4v) is 3.42. The van der Waals surface area contributed by atoms with Crippen molar-refractivity contribution in [2.24, 2.45) is 10.8 Å². The van der Waals surface area contributed by atoms with E-state index in [4.69, 9.17) is 64.7 Å². The molecular formula is C28H40N6O7. The summed E-state index contributed by atoms with van der Waals surface area (Å²) < 4.78 is 40.8. The van der Waals surface area contributed by atoms with Crippen LogP contribution in [0.25, 0.3) is 0 Å². The van der Waals surface area contributed by atoms with Gasteiger partial charge in [0.1, 0.15) is 0 Å². The van der Waals surface area contributed by atoms with Gasteiger partial charge in [0.05, 0.1) is 178 Å². The van der Waals surface area contributed by atoms with Gasteiger partial charge >= 0.3 is 0 Å². The van der Waals surface area contributed by atoms with Gasteiger partial charge < -0.3 is 33.2 Å². The van der Waals surface area contributed by atoms with Crippen LogP contribution >= 0.6 is 0 Å². The smallest absolute Gasteiger partial charge is 0.0645 e. The lowest BCUT2D eigenvalue weighted by molar-refractivity contribution is -0.141. The first-order valence-corrected chi connectivity index (χ1v) is 13.3. The molecule has 0 fully saturated rings. The van der Waals surface area contributed by atoms with Crippen LogP contribution in [0.5, 0.6) is 0 Å². The molecule has 0 aromatic heterocycles. The van der Waals surface area contributed by atoms with E-state index in [0.717, 1.165) is 0 Å². The van der Waals surface area contributed by atoms with E-state index in [-0.39, 0.29) is 131 Å². The molecule has 0 aromatic rings. The largest absolute Gasteiger partial charge is 0.380 e. The predicted molar refractivity (Wildman–Crippen MR) is 142 cm³/mol. The van der Waals surface area contributed by atoms with Crippen LogP contribution in [0.3, 0.4) is 0 Å². The second kappa shape index (κ2) is 26.9. The van der Waals surface area contributed by atoms with Gasteiger partial charge in [0.25, 0.3) is 0 Å². The topological polar surface area (TPSA) is 207 Å². The minimum absolute atomic E-state index is 0.0923. The molecule has 0 bridgehead atoms. The number of nitrogens with zero attached hydrogens (tertiary/aromatic N) is 6. The molecule has 0 aliphatic carbocycles. The molecule has 0 unspecified atom stereocenters. The Hall–Kier alpha value is -3.34. The molecule has 0 radical (unpaired) electrons. The first kappa shape index (κ1) is 37.7. The lowest BCUT2D eigenvalue weighted by Crippen LogP contribution is -2.46. The Labute approximate surface area is 243 Å². The maximum Gasteiger partial charge on any atom is 0.0645 e. The van der Waals surface area contributed by atoms with Gasteiger partial charge in [0.2, 0.25) is 0 Å². The Balaban J connectivity index is 5.81. The van der Waals surface area contributed by atoms with Crippen molar-refractivity contribution in [3.05, 3.63) is 0 Å². The maximum absolute atomic E-state index is 8.89. The van der Waals surface area contributed by atoms with Crippen molar-refractivity contribution in [2.75, 3.05) is 92.5 Å². The third kappa shape index (κ3) is 20.2. The summed E-state index contributed by atoms with van der Waals surface area (Å²) in [4.78, 5) is 0. The molecule has 0 aliphatic heterocycles. The van der Waals surface area contributed by atoms with Crippen molar-refractivity contribution in [1.29, 1.82) is 31.6 Å². The van der Waals surface area contributed by atoms with Crippen LogP contribution < -0.4 is 0 Å². The number of ether oxygens (including phenoxy) is 7. The summed E-state index contributed by atoms with van der Waals surface area (Å²) in [6.07, 6.45) is 1.19. The highest BCUT2D eigenvalue weighted by atomic mass is 16.5. The van der Waals surface area contributed by atoms with Crippen molar-refractivity contribution in [3.8, 4) is 36.4 Å². The summed E-state index contributed by atoms with van der Waals surface area (Å²) in [5.74, 6) is 0. The highest BCUT2D eigenvalue weighted by Gasteiger charge is 2.37. The Morgan fingerprint density at radius 1 is 0.293 bits per heavy atom. The van der Waals surface area contributed by atoms with Gasteiger partial charge in [0, 0.05) is 0 Å². The first-order valence-electron chi connectivity index (χ1n) is 13.3. The molecule has 13 nitrogen and oxygen atoms in total. The van der Waals surface area contributed by atoms with E-state index in [9.17, 15) is 0 Å². The lowest BCUT2D eigenvalue weighted by atomic mass is 9.90. The summed E-state index contributed by atoms with van der Waals surface area (Å²) in [5.41, 5.74) is -1.64. The number of hydrogen-bond donors (Lipinski definition) is 0. The van der Waals surface area contributed by atoms with Gasteiger partial charge in [-0.3, -0.25) is 0 Å². The van der Waals surface area contributed by atoms with E-state index >= 15 is 0 Å². The third-order valence-corrected chi connectivity index (χ3v) is 5.42. The highest BCUT2D eigenvalue weighted by Crippen LogP contribution is 2.26. The van der Waals surface area contributed by atoms with E-state index in [1.165, 1.54) is 0 Å². The molecule has 0 saturated heterocycles. The quantitative estimate of drug-likeness (QED) is 0.124. The zero-order chi connectivity index (χ0) is 30.3. The fraction of sp³-hybridized carbons (Fsp3) is 0.786. The second-order valence-electron chi connectivity index (χ2n) is 9.26. The minimum atomic E-state index is -0.822. The van der Waals surface area contributed by atoms with Gasteiger partial charge in [-0.1, -0.05) is 0 Å². The van der Waals surface area contributed by atoms with Gasteiger partial charge in [-0.2, -0.15) is 31.6 Å². The van der Waals surface area contributed by atoms with Gasteiger partial charge in [-0.15, -0.1) is 0 Å². The first-order chi connectivity index (χ1) is 20.1. The molecule has 0 heterocycles. The molecule has 0 saturated carbocycles. The van der Waals surface area contributed by atoms with Crippen molar-refractivity contribution < 1.29 is 33.2 Å². The number of hydrogen-bond acceptors (Lipinski definition) is 13. The molecule has 0 amide bonds. The van der Waals surface area contributed by atoms with Crippen molar-refractivity contribution in [1.82, 2.24) is 0 Å². The Morgan fingerprint density at radius 3 is 0.634 bits per heavy atom. The molecule has 0 aliphatic rings. The van der Waals surface area contributed by atoms with E-state index in [0.29, 0.717) is 0 Å². The van der Waals surface area contributed by atoms with E-state index in [1.54, 1.807) is 0 Å². The molecule has 0 atom stereocenters. The Kier molecular flexibility index (Phi) is 24.7. The van der Waals surface area contributed by atoms with Crippen molar-refractivity contribution in [3.63, 3.8) is 0 Å². The maximum atomic E-state index is 8.89. The van der Waals surface area contributed by atoms with Crippen LogP contribution in [0.2, 0.25) is 0 Å². The summed E-state index contributed by atoms with van der Waals surface area (Å²) in [7, 11) is 0. The molecular weight excluding hydrogens is 532 g/mol. The summed E-state index contributed by atoms with van der Waals surface area (Å²) in [5, 5.41) is 53.3. The average Bonchev–Trinajstić information content (AvgIpc) is 2.98. The minimum Gasteiger partial charge on any atom is -0.380 e. The second-order valence-corrected chi connectivity index (χ2v) is 9.26. The average molecular weight is 573 g/mol. The monoisotopic (exact) mass is 572 g/mol. The lowest BCUT2D eigenvalue weighted by Gasteiger charge is -2.36. The molecule has 0 aromatic carbocycles. The summed E-state index contributed by atoms with van der Waals surface area (Å²) in [6, 6.07) is 12.2. The fourth-order valence-electron chi connectivity index (χ4n) is 3.42. The highest BCUT2D eigenvalue weighted by molar-refractivity contribution is 4.85. The van der Waals surface area contributed by atoms with E-state index < -0.39 is 10.8 Å².